The zero-order valence-corrected chi connectivity index (χ0v) is 15.6. The van der Waals surface area contributed by atoms with Crippen LogP contribution >= 0.6 is 11.3 Å². The number of hydrogen-bond acceptors (Lipinski definition) is 6. The molecule has 0 atom stereocenters. The summed E-state index contributed by atoms with van der Waals surface area (Å²) in [7, 11) is 0. The third-order valence-electron chi connectivity index (χ3n) is 4.50. The van der Waals surface area contributed by atoms with Crippen LogP contribution < -0.4 is 4.90 Å². The molecule has 1 heterocycles. The highest BCUT2D eigenvalue weighted by Gasteiger charge is 2.15. The molecular formula is C19H23N5S. The lowest BCUT2D eigenvalue weighted by Gasteiger charge is -2.22. The summed E-state index contributed by atoms with van der Waals surface area (Å²) >= 11 is 1.67. The number of benzene rings is 1. The molecule has 0 N–H and O–H groups in total. The Labute approximate surface area is 153 Å². The summed E-state index contributed by atoms with van der Waals surface area (Å²) in [6.07, 6.45) is 5.22. The van der Waals surface area contributed by atoms with E-state index in [-0.39, 0.29) is 0 Å². The summed E-state index contributed by atoms with van der Waals surface area (Å²) < 4.78 is 0. The molecule has 0 saturated heterocycles. The summed E-state index contributed by atoms with van der Waals surface area (Å²) in [5.41, 5.74) is 4.29. The van der Waals surface area contributed by atoms with E-state index in [1.807, 2.05) is 13.0 Å². The zero-order chi connectivity index (χ0) is 17.6. The van der Waals surface area contributed by atoms with Gasteiger partial charge >= 0.3 is 0 Å². The number of nitrogens with zero attached hydrogens (tertiary/aromatic N) is 5. The van der Waals surface area contributed by atoms with Crippen LogP contribution in [0.1, 0.15) is 42.3 Å². The van der Waals surface area contributed by atoms with Gasteiger partial charge in [-0.15, -0.1) is 10.2 Å². The van der Waals surface area contributed by atoms with E-state index in [1.54, 1.807) is 11.3 Å². The van der Waals surface area contributed by atoms with Crippen molar-refractivity contribution in [1.29, 1.82) is 5.26 Å². The minimum atomic E-state index is 0.531. The van der Waals surface area contributed by atoms with Crippen molar-refractivity contribution >= 4 is 27.8 Å². The minimum Gasteiger partial charge on any atom is -0.371 e. The predicted molar refractivity (Wildman–Crippen MR) is 102 cm³/mol. The van der Waals surface area contributed by atoms with Crippen molar-refractivity contribution in [2.45, 2.75) is 46.0 Å². The Morgan fingerprint density at radius 1 is 1.28 bits per heavy atom. The first kappa shape index (κ1) is 17.6. The van der Waals surface area contributed by atoms with Crippen molar-refractivity contribution in [3.63, 3.8) is 0 Å². The highest BCUT2D eigenvalue weighted by Crippen LogP contribution is 2.33. The molecule has 0 fully saturated rings. The van der Waals surface area contributed by atoms with Crippen LogP contribution in [0.3, 0.4) is 0 Å². The number of aromatic nitrogens is 1. The monoisotopic (exact) mass is 353 g/mol. The average Bonchev–Trinajstić information content (AvgIpc) is 3.04. The third-order valence-corrected chi connectivity index (χ3v) is 5.54. The van der Waals surface area contributed by atoms with E-state index in [0.717, 1.165) is 48.0 Å². The van der Waals surface area contributed by atoms with Crippen molar-refractivity contribution in [2.24, 2.45) is 10.2 Å². The minimum absolute atomic E-state index is 0.531. The van der Waals surface area contributed by atoms with Crippen molar-refractivity contribution in [3.05, 3.63) is 34.3 Å². The van der Waals surface area contributed by atoms with E-state index in [9.17, 15) is 0 Å². The van der Waals surface area contributed by atoms with Crippen LogP contribution in [-0.2, 0) is 12.8 Å². The Morgan fingerprint density at radius 3 is 2.84 bits per heavy atom. The molecular weight excluding hydrogens is 330 g/mol. The lowest BCUT2D eigenvalue weighted by molar-refractivity contribution is 0.682. The lowest BCUT2D eigenvalue weighted by atomic mass is 10.0. The Balaban J connectivity index is 1.74. The lowest BCUT2D eigenvalue weighted by Crippen LogP contribution is -2.23. The van der Waals surface area contributed by atoms with Gasteiger partial charge in [0.15, 0.2) is 0 Å². The van der Waals surface area contributed by atoms with Gasteiger partial charge in [0.2, 0.25) is 5.13 Å². The number of anilines is 1. The van der Waals surface area contributed by atoms with E-state index >= 15 is 0 Å². The molecule has 0 unspecified atom stereocenters. The van der Waals surface area contributed by atoms with Crippen LogP contribution in [0.2, 0.25) is 0 Å². The highest BCUT2D eigenvalue weighted by atomic mass is 32.1. The molecule has 25 heavy (non-hydrogen) atoms. The maximum atomic E-state index is 8.79. The van der Waals surface area contributed by atoms with Crippen molar-refractivity contribution in [3.8, 4) is 6.07 Å². The van der Waals surface area contributed by atoms with E-state index in [4.69, 9.17) is 5.26 Å². The highest BCUT2D eigenvalue weighted by molar-refractivity contribution is 7.15. The van der Waals surface area contributed by atoms with Gasteiger partial charge in [-0.3, -0.25) is 0 Å². The number of hydrogen-bond donors (Lipinski definition) is 0. The molecule has 2 aromatic rings. The van der Waals surface area contributed by atoms with Gasteiger partial charge in [0, 0.05) is 23.7 Å². The first-order valence-electron chi connectivity index (χ1n) is 8.84. The second kappa shape index (κ2) is 8.21. The van der Waals surface area contributed by atoms with Gasteiger partial charge in [-0.1, -0.05) is 11.3 Å². The Hall–Kier alpha value is -2.26. The molecule has 0 saturated carbocycles. The van der Waals surface area contributed by atoms with E-state index in [0.29, 0.717) is 6.42 Å². The van der Waals surface area contributed by atoms with Gasteiger partial charge in [-0.2, -0.15) is 5.26 Å². The fraction of sp³-hybridized carbons (Fsp3) is 0.474. The van der Waals surface area contributed by atoms with Gasteiger partial charge in [0.05, 0.1) is 23.9 Å². The first-order chi connectivity index (χ1) is 12.2. The van der Waals surface area contributed by atoms with Gasteiger partial charge < -0.3 is 4.90 Å². The van der Waals surface area contributed by atoms with Crippen LogP contribution in [0.4, 0.5) is 16.5 Å². The number of thiazole rings is 1. The molecule has 5 nitrogen and oxygen atoms in total. The Kier molecular flexibility index (Phi) is 5.77. The molecule has 3 rings (SSSR count). The molecule has 1 aromatic heterocycles. The molecule has 0 aliphatic heterocycles. The third kappa shape index (κ3) is 4.23. The molecule has 0 amide bonds. The average molecular weight is 353 g/mol. The fourth-order valence-electron chi connectivity index (χ4n) is 3.08. The molecule has 1 aromatic carbocycles. The predicted octanol–water partition coefficient (Wildman–Crippen LogP) is 5.49. The quantitative estimate of drug-likeness (QED) is 0.645. The molecule has 1 aliphatic rings. The topological polar surface area (TPSA) is 64.6 Å². The van der Waals surface area contributed by atoms with Crippen LogP contribution in [0.15, 0.2) is 28.4 Å². The van der Waals surface area contributed by atoms with Crippen LogP contribution in [0.5, 0.6) is 0 Å². The van der Waals surface area contributed by atoms with E-state index in [1.165, 1.54) is 23.4 Å². The molecule has 0 bridgehead atoms. The molecule has 0 spiro atoms. The largest absolute Gasteiger partial charge is 0.371 e. The summed E-state index contributed by atoms with van der Waals surface area (Å²) in [6.45, 7) is 5.78. The second-order valence-corrected chi connectivity index (χ2v) is 7.29. The summed E-state index contributed by atoms with van der Waals surface area (Å²) in [4.78, 5) is 8.19. The second-order valence-electron chi connectivity index (χ2n) is 6.23. The van der Waals surface area contributed by atoms with Gasteiger partial charge in [0.25, 0.3) is 0 Å². The van der Waals surface area contributed by atoms with Gasteiger partial charge in [-0.05, 0) is 63.3 Å². The van der Waals surface area contributed by atoms with Crippen molar-refractivity contribution < 1.29 is 0 Å². The Bertz CT molecular complexity index is 779. The van der Waals surface area contributed by atoms with Crippen molar-refractivity contribution in [1.82, 2.24) is 4.98 Å². The van der Waals surface area contributed by atoms with Gasteiger partial charge in [0.1, 0.15) is 0 Å². The van der Waals surface area contributed by atoms with E-state index in [2.05, 4.69) is 45.2 Å². The van der Waals surface area contributed by atoms with E-state index < -0.39 is 0 Å². The number of rotatable bonds is 6. The fourth-order valence-corrected chi connectivity index (χ4v) is 4.05. The normalized spacial score (nSPS) is 13.6. The standard InChI is InChI=1S/C19H23N5S/c1-3-24(12-6-11-20)15-9-10-16(14(2)13-15)22-23-19-21-17-7-4-5-8-18(17)25-19/h9-10,13H,3-8,12H2,1-2H3. The van der Waals surface area contributed by atoms with Crippen LogP contribution in [-0.4, -0.2) is 18.1 Å². The van der Waals surface area contributed by atoms with Crippen LogP contribution in [0.25, 0.3) is 0 Å². The summed E-state index contributed by atoms with van der Waals surface area (Å²) in [5.74, 6) is 0. The molecule has 6 heteroatoms. The number of aryl methyl sites for hydroxylation is 3. The maximum Gasteiger partial charge on any atom is 0.230 e. The number of azo groups is 1. The number of fused-ring (bicyclic) bond motifs is 1. The Morgan fingerprint density at radius 2 is 2.12 bits per heavy atom. The number of nitriles is 1. The smallest absolute Gasteiger partial charge is 0.230 e. The SMILES string of the molecule is CCN(CCC#N)c1ccc(N=Nc2nc3c(s2)CCCC3)c(C)c1. The molecule has 130 valence electrons. The molecule has 1 aliphatic carbocycles. The summed E-state index contributed by atoms with van der Waals surface area (Å²) in [5, 5.41) is 18.3. The van der Waals surface area contributed by atoms with Crippen molar-refractivity contribution in [2.75, 3.05) is 18.0 Å². The summed E-state index contributed by atoms with van der Waals surface area (Å²) in [6, 6.07) is 8.37. The zero-order valence-electron chi connectivity index (χ0n) is 14.8. The van der Waals surface area contributed by atoms with Crippen LogP contribution in [0, 0.1) is 18.3 Å². The first-order valence-corrected chi connectivity index (χ1v) is 9.65. The maximum absolute atomic E-state index is 8.79. The van der Waals surface area contributed by atoms with Gasteiger partial charge in [-0.25, -0.2) is 4.98 Å². The molecule has 0 radical (unpaired) electrons.